The molecule has 1 aromatic heterocycles. The second-order valence-corrected chi connectivity index (χ2v) is 2.92. The minimum atomic E-state index is -0.625. The van der Waals surface area contributed by atoms with Crippen LogP contribution in [0.25, 0.3) is 0 Å². The van der Waals surface area contributed by atoms with Crippen LogP contribution in [0.2, 0.25) is 0 Å². The Kier molecular flexibility index (Phi) is 1.70. The molecule has 70 valence electrons. The maximum absolute atomic E-state index is 11.2. The van der Waals surface area contributed by atoms with Crippen LogP contribution in [0.5, 0.6) is 5.75 Å². The van der Waals surface area contributed by atoms with Crippen molar-refractivity contribution in [1.29, 1.82) is 0 Å². The zero-order valence-electron chi connectivity index (χ0n) is 7.15. The number of nitrogens with zero attached hydrogens (tertiary/aromatic N) is 2. The Labute approximate surface area is 74.7 Å². The number of rotatable bonds is 0. The maximum Gasteiger partial charge on any atom is 0.246 e. The summed E-state index contributed by atoms with van der Waals surface area (Å²) in [5.41, 5.74) is 5.48. The van der Waals surface area contributed by atoms with Crippen LogP contribution in [0.3, 0.4) is 0 Å². The molecule has 2 heterocycles. The molecule has 13 heavy (non-hydrogen) atoms. The van der Waals surface area contributed by atoms with Crippen molar-refractivity contribution in [2.45, 2.75) is 6.04 Å². The molecule has 0 saturated carbocycles. The smallest absolute Gasteiger partial charge is 0.246 e. The number of hydrogen-bond acceptors (Lipinski definition) is 4. The Bertz CT molecular complexity index is 346. The Morgan fingerprint density at radius 3 is 3.38 bits per heavy atom. The van der Waals surface area contributed by atoms with Crippen LogP contribution in [0, 0.1) is 0 Å². The zero-order chi connectivity index (χ0) is 9.42. The summed E-state index contributed by atoms with van der Waals surface area (Å²) in [5, 5.41) is 6.57. The van der Waals surface area contributed by atoms with Gasteiger partial charge < -0.3 is 15.8 Å². The van der Waals surface area contributed by atoms with Gasteiger partial charge in [0, 0.05) is 7.05 Å². The Morgan fingerprint density at radius 2 is 2.62 bits per heavy atom. The minimum absolute atomic E-state index is 0.185. The highest BCUT2D eigenvalue weighted by molar-refractivity contribution is 5.95. The van der Waals surface area contributed by atoms with Crippen molar-refractivity contribution >= 4 is 11.7 Å². The third-order valence-electron chi connectivity index (χ3n) is 1.79. The molecule has 3 N–H and O–H groups in total. The van der Waals surface area contributed by atoms with Crippen LogP contribution < -0.4 is 15.8 Å². The fourth-order valence-electron chi connectivity index (χ4n) is 1.12. The summed E-state index contributed by atoms with van der Waals surface area (Å²) in [6.45, 7) is 0.185. The van der Waals surface area contributed by atoms with Crippen LogP contribution in [-0.2, 0) is 11.8 Å². The van der Waals surface area contributed by atoms with Gasteiger partial charge in [-0.25, -0.2) is 0 Å². The fraction of sp³-hybridized carbons (Fsp3) is 0.429. The number of nitrogens with two attached hydrogens (primary N) is 1. The van der Waals surface area contributed by atoms with Crippen molar-refractivity contribution in [3.05, 3.63) is 6.20 Å². The Morgan fingerprint density at radius 1 is 1.85 bits per heavy atom. The zero-order valence-corrected chi connectivity index (χ0v) is 7.15. The minimum Gasteiger partial charge on any atom is -0.486 e. The van der Waals surface area contributed by atoms with E-state index in [9.17, 15) is 4.79 Å². The molecule has 2 rings (SSSR count). The highest BCUT2D eigenvalue weighted by Crippen LogP contribution is 2.23. The van der Waals surface area contributed by atoms with E-state index in [2.05, 4.69) is 10.4 Å². The third kappa shape index (κ3) is 1.35. The molecule has 0 radical (unpaired) electrons. The van der Waals surface area contributed by atoms with Crippen LogP contribution in [0.1, 0.15) is 0 Å². The van der Waals surface area contributed by atoms with Gasteiger partial charge in [0.2, 0.25) is 5.91 Å². The molecular formula is C7H10N4O2. The van der Waals surface area contributed by atoms with E-state index in [1.165, 1.54) is 0 Å². The van der Waals surface area contributed by atoms with Crippen molar-refractivity contribution in [3.63, 3.8) is 0 Å². The molecule has 0 aliphatic carbocycles. The predicted octanol–water partition coefficient (Wildman–Crippen LogP) is -0.922. The molecule has 0 spiro atoms. The number of carbonyl (C=O) groups is 1. The summed E-state index contributed by atoms with van der Waals surface area (Å²) in [5.74, 6) is 0.724. The molecule has 0 saturated heterocycles. The molecule has 1 amide bonds. The molecule has 1 aromatic rings. The van der Waals surface area contributed by atoms with Crippen molar-refractivity contribution in [3.8, 4) is 5.75 Å². The van der Waals surface area contributed by atoms with E-state index >= 15 is 0 Å². The highest BCUT2D eigenvalue weighted by Gasteiger charge is 2.23. The summed E-state index contributed by atoms with van der Waals surface area (Å²) in [7, 11) is 1.75. The average Bonchev–Trinajstić information content (AvgIpc) is 2.36. The lowest BCUT2D eigenvalue weighted by Crippen LogP contribution is -2.38. The predicted molar refractivity (Wildman–Crippen MR) is 45.3 cm³/mol. The largest absolute Gasteiger partial charge is 0.486 e. The second-order valence-electron chi connectivity index (χ2n) is 2.92. The van der Waals surface area contributed by atoms with Gasteiger partial charge in [0.05, 0.1) is 6.20 Å². The van der Waals surface area contributed by atoms with Crippen LogP contribution >= 0.6 is 0 Å². The number of ether oxygens (including phenoxy) is 1. The van der Waals surface area contributed by atoms with Gasteiger partial charge in [-0.3, -0.25) is 9.48 Å². The SMILES string of the molecule is Cn1cc2c(n1)NC(=O)C(N)CO2. The number of aromatic nitrogens is 2. The van der Waals surface area contributed by atoms with Crippen molar-refractivity contribution in [2.24, 2.45) is 12.8 Å². The number of fused-ring (bicyclic) bond motifs is 1. The summed E-state index contributed by atoms with van der Waals surface area (Å²) >= 11 is 0. The Hall–Kier alpha value is -1.56. The molecule has 0 aromatic carbocycles. The topological polar surface area (TPSA) is 82.2 Å². The first-order valence-electron chi connectivity index (χ1n) is 3.89. The van der Waals surface area contributed by atoms with Crippen molar-refractivity contribution in [1.82, 2.24) is 9.78 Å². The van der Waals surface area contributed by atoms with E-state index in [-0.39, 0.29) is 12.5 Å². The van der Waals surface area contributed by atoms with Gasteiger partial charge >= 0.3 is 0 Å². The van der Waals surface area contributed by atoms with Crippen LogP contribution in [-0.4, -0.2) is 28.3 Å². The molecule has 0 bridgehead atoms. The molecule has 1 unspecified atom stereocenters. The van der Waals surface area contributed by atoms with Gasteiger partial charge in [-0.05, 0) is 0 Å². The molecular weight excluding hydrogens is 172 g/mol. The lowest BCUT2D eigenvalue weighted by atomic mass is 10.3. The van der Waals surface area contributed by atoms with Gasteiger partial charge in [0.25, 0.3) is 0 Å². The number of aryl methyl sites for hydroxylation is 1. The first kappa shape index (κ1) is 8.06. The monoisotopic (exact) mass is 182 g/mol. The van der Waals surface area contributed by atoms with Gasteiger partial charge in [0.15, 0.2) is 11.6 Å². The summed E-state index contributed by atoms with van der Waals surface area (Å²) in [6.07, 6.45) is 1.69. The van der Waals surface area contributed by atoms with E-state index in [1.807, 2.05) is 0 Å². The van der Waals surface area contributed by atoms with E-state index in [0.717, 1.165) is 0 Å². The third-order valence-corrected chi connectivity index (χ3v) is 1.79. The van der Waals surface area contributed by atoms with Gasteiger partial charge in [0.1, 0.15) is 12.6 Å². The van der Waals surface area contributed by atoms with Crippen LogP contribution in [0.4, 0.5) is 5.82 Å². The first-order chi connectivity index (χ1) is 6.16. The van der Waals surface area contributed by atoms with Crippen molar-refractivity contribution in [2.75, 3.05) is 11.9 Å². The van der Waals surface area contributed by atoms with E-state index in [4.69, 9.17) is 10.5 Å². The summed E-state index contributed by atoms with van der Waals surface area (Å²) < 4.78 is 6.83. The molecule has 6 nitrogen and oxygen atoms in total. The Balaban J connectivity index is 2.33. The maximum atomic E-state index is 11.2. The molecule has 1 atom stereocenters. The standard InChI is InChI=1S/C7H10N4O2/c1-11-2-5-6(10-11)9-7(12)4(8)3-13-5/h2,4H,3,8H2,1H3,(H,9,10,12). The van der Waals surface area contributed by atoms with E-state index < -0.39 is 6.04 Å². The van der Waals surface area contributed by atoms with Crippen LogP contribution in [0.15, 0.2) is 6.20 Å². The number of nitrogens with one attached hydrogen (secondary N) is 1. The first-order valence-corrected chi connectivity index (χ1v) is 3.89. The fourth-order valence-corrected chi connectivity index (χ4v) is 1.12. The quantitative estimate of drug-likeness (QED) is 0.543. The number of anilines is 1. The van der Waals surface area contributed by atoms with Gasteiger partial charge in [-0.2, -0.15) is 5.10 Å². The number of carbonyl (C=O) groups excluding carboxylic acids is 1. The highest BCUT2D eigenvalue weighted by atomic mass is 16.5. The summed E-state index contributed by atoms with van der Waals surface area (Å²) in [4.78, 5) is 11.2. The summed E-state index contributed by atoms with van der Waals surface area (Å²) in [6, 6.07) is -0.625. The van der Waals surface area contributed by atoms with E-state index in [1.54, 1.807) is 17.9 Å². The van der Waals surface area contributed by atoms with Gasteiger partial charge in [-0.15, -0.1) is 0 Å². The molecule has 0 fully saturated rings. The average molecular weight is 182 g/mol. The normalized spacial score (nSPS) is 21.4. The molecule has 1 aliphatic heterocycles. The molecule has 6 heteroatoms. The second kappa shape index (κ2) is 2.74. The lowest BCUT2D eigenvalue weighted by Gasteiger charge is -2.04. The molecule has 1 aliphatic rings. The lowest BCUT2D eigenvalue weighted by molar-refractivity contribution is -0.117. The van der Waals surface area contributed by atoms with E-state index in [0.29, 0.717) is 11.6 Å². The number of amides is 1. The number of hydrogen-bond donors (Lipinski definition) is 2. The van der Waals surface area contributed by atoms with Crippen molar-refractivity contribution < 1.29 is 9.53 Å². The van der Waals surface area contributed by atoms with Gasteiger partial charge in [-0.1, -0.05) is 0 Å².